The Kier molecular flexibility index (Phi) is 5.77. The second kappa shape index (κ2) is 8.57. The summed E-state index contributed by atoms with van der Waals surface area (Å²) in [5.74, 6) is -0.526. The average Bonchev–Trinajstić information content (AvgIpc) is 3.57. The molecule has 5 rings (SSSR count). The lowest BCUT2D eigenvalue weighted by molar-refractivity contribution is 0.102. The fourth-order valence-corrected chi connectivity index (χ4v) is 6.36. The van der Waals surface area contributed by atoms with Crippen molar-refractivity contribution >= 4 is 40.0 Å². The lowest BCUT2D eigenvalue weighted by atomic mass is 9.86. The van der Waals surface area contributed by atoms with Crippen LogP contribution in [0.4, 0.5) is 15.8 Å². The molecule has 4 heterocycles. The van der Waals surface area contributed by atoms with Gasteiger partial charge in [-0.1, -0.05) is 19.9 Å². The standard InChI is InChI=1S/C24H27FN4OS2/c1-15(2)16-10-20(29-8-6-24(14-29)5-7-26-13-24)18(11-17(16)25)27-22(30)19-12-32-23(28-19)21-4-3-9-31-21/h3-4,9-12,15,26H,5-8,13-14H2,1-2H3,(H,27,30). The van der Waals surface area contributed by atoms with E-state index in [9.17, 15) is 9.18 Å². The number of carbonyl (C=O) groups excluding carboxylic acids is 1. The third-order valence-electron chi connectivity index (χ3n) is 6.57. The first kappa shape index (κ1) is 21.6. The molecule has 1 unspecified atom stereocenters. The Hall–Kier alpha value is -2.29. The molecule has 168 valence electrons. The van der Waals surface area contributed by atoms with Crippen molar-refractivity contribution in [2.45, 2.75) is 32.6 Å². The minimum absolute atomic E-state index is 0.0649. The molecule has 2 aromatic heterocycles. The fraction of sp³-hybridized carbons (Fsp3) is 0.417. The molecule has 5 nitrogen and oxygen atoms in total. The number of rotatable bonds is 5. The van der Waals surface area contributed by atoms with E-state index in [2.05, 4.69) is 20.5 Å². The summed E-state index contributed by atoms with van der Waals surface area (Å²) in [4.78, 5) is 20.9. The summed E-state index contributed by atoms with van der Waals surface area (Å²) in [6.07, 6.45) is 2.27. The van der Waals surface area contributed by atoms with Crippen molar-refractivity contribution in [1.82, 2.24) is 10.3 Å². The molecule has 0 saturated carbocycles. The van der Waals surface area contributed by atoms with Crippen molar-refractivity contribution in [1.29, 1.82) is 0 Å². The molecule has 1 aromatic carbocycles. The van der Waals surface area contributed by atoms with E-state index in [1.165, 1.54) is 17.4 Å². The van der Waals surface area contributed by atoms with Crippen LogP contribution in [0.3, 0.4) is 0 Å². The van der Waals surface area contributed by atoms with Crippen LogP contribution < -0.4 is 15.5 Å². The number of anilines is 2. The number of hydrogen-bond acceptors (Lipinski definition) is 6. The smallest absolute Gasteiger partial charge is 0.275 e. The molecule has 1 amide bonds. The highest BCUT2D eigenvalue weighted by Crippen LogP contribution is 2.42. The number of thiazole rings is 1. The molecule has 1 atom stereocenters. The van der Waals surface area contributed by atoms with Gasteiger partial charge in [0.1, 0.15) is 16.5 Å². The van der Waals surface area contributed by atoms with Gasteiger partial charge in [-0.2, -0.15) is 0 Å². The monoisotopic (exact) mass is 470 g/mol. The van der Waals surface area contributed by atoms with E-state index in [0.717, 1.165) is 54.6 Å². The Morgan fingerprint density at radius 1 is 1.31 bits per heavy atom. The molecule has 2 aliphatic heterocycles. The highest BCUT2D eigenvalue weighted by molar-refractivity contribution is 7.20. The summed E-state index contributed by atoms with van der Waals surface area (Å²) >= 11 is 3.04. The van der Waals surface area contributed by atoms with Crippen molar-refractivity contribution in [3.63, 3.8) is 0 Å². The Bertz CT molecular complexity index is 1120. The highest BCUT2D eigenvalue weighted by atomic mass is 32.1. The van der Waals surface area contributed by atoms with Gasteiger partial charge in [0.25, 0.3) is 5.91 Å². The Labute approximate surface area is 195 Å². The maximum Gasteiger partial charge on any atom is 0.275 e. The van der Waals surface area contributed by atoms with Gasteiger partial charge in [0.15, 0.2) is 0 Å². The predicted octanol–water partition coefficient (Wildman–Crippen LogP) is 5.58. The molecule has 1 spiro atoms. The Morgan fingerprint density at radius 3 is 2.91 bits per heavy atom. The molecule has 0 aliphatic carbocycles. The quantitative estimate of drug-likeness (QED) is 0.511. The van der Waals surface area contributed by atoms with E-state index >= 15 is 0 Å². The first-order valence-electron chi connectivity index (χ1n) is 11.0. The third-order valence-corrected chi connectivity index (χ3v) is 8.45. The molecule has 2 saturated heterocycles. The normalized spacial score (nSPS) is 20.6. The van der Waals surface area contributed by atoms with Crippen LogP contribution in [0.1, 0.15) is 48.7 Å². The summed E-state index contributed by atoms with van der Waals surface area (Å²) in [5, 5.41) is 11.0. The summed E-state index contributed by atoms with van der Waals surface area (Å²) < 4.78 is 14.9. The van der Waals surface area contributed by atoms with Crippen LogP contribution in [0.2, 0.25) is 0 Å². The summed E-state index contributed by atoms with van der Waals surface area (Å²) in [6, 6.07) is 7.36. The number of thiophene rings is 1. The van der Waals surface area contributed by atoms with Gasteiger partial charge in [-0.05, 0) is 54.4 Å². The van der Waals surface area contributed by atoms with Crippen LogP contribution in [-0.2, 0) is 0 Å². The second-order valence-electron chi connectivity index (χ2n) is 9.11. The van der Waals surface area contributed by atoms with Gasteiger partial charge in [-0.25, -0.2) is 9.37 Å². The molecule has 0 radical (unpaired) electrons. The van der Waals surface area contributed by atoms with Crippen LogP contribution in [-0.4, -0.2) is 37.1 Å². The number of nitrogens with one attached hydrogen (secondary N) is 2. The van der Waals surface area contributed by atoms with Gasteiger partial charge in [-0.3, -0.25) is 4.79 Å². The van der Waals surface area contributed by atoms with Gasteiger partial charge in [0, 0.05) is 30.4 Å². The number of amides is 1. The predicted molar refractivity (Wildman–Crippen MR) is 131 cm³/mol. The van der Waals surface area contributed by atoms with Crippen molar-refractivity contribution in [2.75, 3.05) is 36.4 Å². The number of carbonyl (C=O) groups is 1. The van der Waals surface area contributed by atoms with Gasteiger partial charge >= 0.3 is 0 Å². The number of hydrogen-bond donors (Lipinski definition) is 2. The zero-order valence-corrected chi connectivity index (χ0v) is 19.9. The lowest BCUT2D eigenvalue weighted by Crippen LogP contribution is -2.30. The highest BCUT2D eigenvalue weighted by Gasteiger charge is 2.41. The van der Waals surface area contributed by atoms with Crippen molar-refractivity contribution in [3.05, 3.63) is 52.1 Å². The van der Waals surface area contributed by atoms with Crippen LogP contribution in [0, 0.1) is 11.2 Å². The van der Waals surface area contributed by atoms with Crippen molar-refractivity contribution in [2.24, 2.45) is 5.41 Å². The Morgan fingerprint density at radius 2 is 2.19 bits per heavy atom. The topological polar surface area (TPSA) is 57.3 Å². The largest absolute Gasteiger partial charge is 0.369 e. The van der Waals surface area contributed by atoms with Crippen LogP contribution in [0.25, 0.3) is 9.88 Å². The van der Waals surface area contributed by atoms with Crippen LogP contribution in [0.5, 0.6) is 0 Å². The van der Waals surface area contributed by atoms with Gasteiger partial charge in [-0.15, -0.1) is 22.7 Å². The summed E-state index contributed by atoms with van der Waals surface area (Å²) in [7, 11) is 0. The molecule has 3 aromatic rings. The molecule has 0 bridgehead atoms. The zero-order valence-electron chi connectivity index (χ0n) is 18.3. The van der Waals surface area contributed by atoms with E-state index in [1.54, 1.807) is 16.7 Å². The maximum absolute atomic E-state index is 14.9. The SMILES string of the molecule is CC(C)c1cc(N2CCC3(CCNC3)C2)c(NC(=O)c2csc(-c3cccs3)n2)cc1F. The summed E-state index contributed by atoms with van der Waals surface area (Å²) in [5.41, 5.74) is 2.73. The number of benzene rings is 1. The van der Waals surface area contributed by atoms with Gasteiger partial charge in [0.05, 0.1) is 16.3 Å². The van der Waals surface area contributed by atoms with E-state index in [4.69, 9.17) is 0 Å². The van der Waals surface area contributed by atoms with E-state index < -0.39 is 0 Å². The number of aromatic nitrogens is 1. The molecule has 2 N–H and O–H groups in total. The van der Waals surface area contributed by atoms with Gasteiger partial charge < -0.3 is 15.5 Å². The number of nitrogens with zero attached hydrogens (tertiary/aromatic N) is 2. The van der Waals surface area contributed by atoms with E-state index in [0.29, 0.717) is 16.9 Å². The molecular weight excluding hydrogens is 443 g/mol. The molecule has 2 aliphatic rings. The van der Waals surface area contributed by atoms with Crippen LogP contribution >= 0.6 is 22.7 Å². The average molecular weight is 471 g/mol. The summed E-state index contributed by atoms with van der Waals surface area (Å²) in [6.45, 7) is 7.89. The molecule has 8 heteroatoms. The van der Waals surface area contributed by atoms with Crippen molar-refractivity contribution < 1.29 is 9.18 Å². The van der Waals surface area contributed by atoms with E-state index in [-0.39, 0.29) is 23.1 Å². The molecular formula is C24H27FN4OS2. The third kappa shape index (κ3) is 4.07. The minimum Gasteiger partial charge on any atom is -0.369 e. The number of halogens is 1. The van der Waals surface area contributed by atoms with Gasteiger partial charge in [0.2, 0.25) is 0 Å². The second-order valence-corrected chi connectivity index (χ2v) is 10.9. The lowest BCUT2D eigenvalue weighted by Gasteiger charge is -2.27. The maximum atomic E-state index is 14.9. The Balaban J connectivity index is 1.44. The molecule has 2 fully saturated rings. The van der Waals surface area contributed by atoms with Crippen LogP contribution in [0.15, 0.2) is 35.0 Å². The first-order chi connectivity index (χ1) is 15.4. The molecule has 32 heavy (non-hydrogen) atoms. The zero-order chi connectivity index (χ0) is 22.3. The van der Waals surface area contributed by atoms with E-state index in [1.807, 2.05) is 37.4 Å². The first-order valence-corrected chi connectivity index (χ1v) is 12.8. The minimum atomic E-state index is -0.307. The fourth-order valence-electron chi connectivity index (χ4n) is 4.74. The van der Waals surface area contributed by atoms with Crippen molar-refractivity contribution in [3.8, 4) is 9.88 Å².